The summed E-state index contributed by atoms with van der Waals surface area (Å²) in [7, 11) is 0. The van der Waals surface area contributed by atoms with Gasteiger partial charge in [0.25, 0.3) is 0 Å². The van der Waals surface area contributed by atoms with Gasteiger partial charge in [0.15, 0.2) is 5.78 Å². The zero-order chi connectivity index (χ0) is 13.0. The van der Waals surface area contributed by atoms with Gasteiger partial charge >= 0.3 is 5.97 Å². The minimum atomic E-state index is -0.903. The topological polar surface area (TPSA) is 54.4 Å². The Morgan fingerprint density at radius 1 is 1.24 bits per heavy atom. The van der Waals surface area contributed by atoms with Crippen LogP contribution in [0.5, 0.6) is 0 Å². The Bertz CT molecular complexity index is 443. The second-order valence-corrected chi connectivity index (χ2v) is 4.77. The highest BCUT2D eigenvalue weighted by atomic mass is 35.5. The highest BCUT2D eigenvalue weighted by Gasteiger charge is 2.14. The van der Waals surface area contributed by atoms with E-state index in [2.05, 4.69) is 0 Å². The van der Waals surface area contributed by atoms with Crippen LogP contribution in [0.1, 0.15) is 30.1 Å². The summed E-state index contributed by atoms with van der Waals surface area (Å²) in [6.07, 6.45) is 0.164. The first-order valence-corrected chi connectivity index (χ1v) is 5.85. The van der Waals surface area contributed by atoms with Crippen LogP contribution in [-0.4, -0.2) is 16.9 Å². The van der Waals surface area contributed by atoms with Gasteiger partial charge in [0.1, 0.15) is 0 Å². The van der Waals surface area contributed by atoms with Crippen molar-refractivity contribution in [2.75, 3.05) is 0 Å². The average molecular weight is 275 g/mol. The maximum atomic E-state index is 11.8. The highest BCUT2D eigenvalue weighted by Crippen LogP contribution is 2.24. The Hall–Kier alpha value is -1.06. The number of carbonyl (C=O) groups excluding carboxylic acids is 1. The van der Waals surface area contributed by atoms with Crippen molar-refractivity contribution in [2.45, 2.75) is 19.8 Å². The first kappa shape index (κ1) is 14.0. The van der Waals surface area contributed by atoms with Crippen molar-refractivity contribution in [1.82, 2.24) is 0 Å². The molecule has 0 heterocycles. The number of ketones is 1. The third kappa shape index (κ3) is 4.36. The van der Waals surface area contributed by atoms with Gasteiger partial charge < -0.3 is 5.11 Å². The molecular formula is C12H12Cl2O3. The SMILES string of the molecule is C[C@H](CC(=O)O)CC(=O)c1ccc(Cl)c(Cl)c1. The molecule has 0 fully saturated rings. The van der Waals surface area contributed by atoms with Crippen LogP contribution in [0.3, 0.4) is 0 Å². The highest BCUT2D eigenvalue weighted by molar-refractivity contribution is 6.42. The second-order valence-electron chi connectivity index (χ2n) is 3.96. The summed E-state index contributed by atoms with van der Waals surface area (Å²) < 4.78 is 0. The number of rotatable bonds is 5. The Morgan fingerprint density at radius 3 is 2.41 bits per heavy atom. The molecule has 0 spiro atoms. The summed E-state index contributed by atoms with van der Waals surface area (Å²) >= 11 is 11.5. The third-order valence-electron chi connectivity index (χ3n) is 2.30. The molecule has 0 radical (unpaired) electrons. The number of aliphatic carboxylic acids is 1. The fourth-order valence-electron chi connectivity index (χ4n) is 1.47. The van der Waals surface area contributed by atoms with Gasteiger partial charge in [-0.3, -0.25) is 9.59 Å². The van der Waals surface area contributed by atoms with Crippen LogP contribution in [-0.2, 0) is 4.79 Å². The summed E-state index contributed by atoms with van der Waals surface area (Å²) in [6, 6.07) is 4.64. The van der Waals surface area contributed by atoms with Gasteiger partial charge in [-0.2, -0.15) is 0 Å². The lowest BCUT2D eigenvalue weighted by molar-refractivity contribution is -0.137. The largest absolute Gasteiger partial charge is 0.481 e. The average Bonchev–Trinajstić information content (AvgIpc) is 2.20. The summed E-state index contributed by atoms with van der Waals surface area (Å²) in [5.74, 6) is -1.23. The van der Waals surface area contributed by atoms with E-state index in [1.165, 1.54) is 6.07 Å². The zero-order valence-electron chi connectivity index (χ0n) is 9.24. The molecule has 5 heteroatoms. The first-order chi connectivity index (χ1) is 7.90. The molecule has 1 rings (SSSR count). The third-order valence-corrected chi connectivity index (χ3v) is 3.04. The second kappa shape index (κ2) is 6.03. The van der Waals surface area contributed by atoms with Gasteiger partial charge in [0.2, 0.25) is 0 Å². The van der Waals surface area contributed by atoms with Crippen molar-refractivity contribution in [2.24, 2.45) is 5.92 Å². The van der Waals surface area contributed by atoms with Crippen LogP contribution in [0.4, 0.5) is 0 Å². The molecule has 0 aromatic heterocycles. The summed E-state index contributed by atoms with van der Waals surface area (Å²) in [4.78, 5) is 22.3. The van der Waals surface area contributed by atoms with E-state index in [1.54, 1.807) is 19.1 Å². The molecule has 0 saturated carbocycles. The molecule has 1 atom stereocenters. The van der Waals surface area contributed by atoms with Gasteiger partial charge in [-0.1, -0.05) is 30.1 Å². The van der Waals surface area contributed by atoms with Crippen molar-refractivity contribution < 1.29 is 14.7 Å². The fraction of sp³-hybridized carbons (Fsp3) is 0.333. The lowest BCUT2D eigenvalue weighted by Gasteiger charge is -2.08. The predicted molar refractivity (Wildman–Crippen MR) is 66.8 cm³/mol. The van der Waals surface area contributed by atoms with E-state index in [4.69, 9.17) is 28.3 Å². The van der Waals surface area contributed by atoms with Crippen molar-refractivity contribution in [3.05, 3.63) is 33.8 Å². The molecule has 1 aromatic rings. The molecule has 3 nitrogen and oxygen atoms in total. The molecule has 0 saturated heterocycles. The van der Waals surface area contributed by atoms with E-state index in [0.29, 0.717) is 15.6 Å². The lowest BCUT2D eigenvalue weighted by atomic mass is 9.97. The molecule has 92 valence electrons. The molecule has 0 amide bonds. The van der Waals surface area contributed by atoms with Crippen LogP contribution in [0.25, 0.3) is 0 Å². The standard InChI is InChI=1S/C12H12Cl2O3/c1-7(5-12(16)17)4-11(15)8-2-3-9(13)10(14)6-8/h2-3,6-7H,4-5H2,1H3,(H,16,17)/t7-/m0/s1. The molecule has 0 bridgehead atoms. The van der Waals surface area contributed by atoms with Gasteiger partial charge in [0, 0.05) is 18.4 Å². The molecular weight excluding hydrogens is 263 g/mol. The lowest BCUT2D eigenvalue weighted by Crippen LogP contribution is -2.10. The van der Waals surface area contributed by atoms with E-state index in [9.17, 15) is 9.59 Å². The minimum absolute atomic E-state index is 0.0208. The Morgan fingerprint density at radius 2 is 1.88 bits per heavy atom. The van der Waals surface area contributed by atoms with E-state index >= 15 is 0 Å². The smallest absolute Gasteiger partial charge is 0.303 e. The van der Waals surface area contributed by atoms with Crippen LogP contribution < -0.4 is 0 Å². The van der Waals surface area contributed by atoms with Crippen molar-refractivity contribution >= 4 is 35.0 Å². The van der Waals surface area contributed by atoms with E-state index < -0.39 is 5.97 Å². The van der Waals surface area contributed by atoms with E-state index in [1.807, 2.05) is 0 Å². The van der Waals surface area contributed by atoms with Crippen molar-refractivity contribution in [3.63, 3.8) is 0 Å². The summed E-state index contributed by atoms with van der Waals surface area (Å²) in [5.41, 5.74) is 0.455. The monoisotopic (exact) mass is 274 g/mol. The predicted octanol–water partition coefficient (Wildman–Crippen LogP) is 3.68. The number of carboxylic acids is 1. The number of carboxylic acid groups (broad SMARTS) is 1. The number of hydrogen-bond acceptors (Lipinski definition) is 2. The first-order valence-electron chi connectivity index (χ1n) is 5.10. The summed E-state index contributed by atoms with van der Waals surface area (Å²) in [6.45, 7) is 1.73. The van der Waals surface area contributed by atoms with Crippen LogP contribution in [0.2, 0.25) is 10.0 Å². The van der Waals surface area contributed by atoms with Crippen LogP contribution in [0.15, 0.2) is 18.2 Å². The molecule has 0 unspecified atom stereocenters. The van der Waals surface area contributed by atoms with Gasteiger partial charge in [0.05, 0.1) is 10.0 Å². The Kier molecular flexibility index (Phi) is 4.97. The van der Waals surface area contributed by atoms with Gasteiger partial charge in [-0.15, -0.1) is 0 Å². The molecule has 17 heavy (non-hydrogen) atoms. The number of carbonyl (C=O) groups is 2. The number of hydrogen-bond donors (Lipinski definition) is 1. The maximum absolute atomic E-state index is 11.8. The quantitative estimate of drug-likeness (QED) is 0.834. The molecule has 0 aliphatic carbocycles. The number of benzene rings is 1. The Labute approximate surface area is 109 Å². The van der Waals surface area contributed by atoms with Gasteiger partial charge in [-0.25, -0.2) is 0 Å². The zero-order valence-corrected chi connectivity index (χ0v) is 10.8. The van der Waals surface area contributed by atoms with Gasteiger partial charge in [-0.05, 0) is 24.1 Å². The number of Topliss-reactive ketones (excluding diaryl/α,β-unsaturated/α-hetero) is 1. The fourth-order valence-corrected chi connectivity index (χ4v) is 1.77. The Balaban J connectivity index is 2.70. The normalized spacial score (nSPS) is 12.2. The molecule has 0 aliphatic rings. The molecule has 0 aliphatic heterocycles. The van der Waals surface area contributed by atoms with Crippen LogP contribution >= 0.6 is 23.2 Å². The van der Waals surface area contributed by atoms with Crippen molar-refractivity contribution in [3.8, 4) is 0 Å². The molecule has 1 aromatic carbocycles. The van der Waals surface area contributed by atoms with Crippen LogP contribution in [0, 0.1) is 5.92 Å². The van der Waals surface area contributed by atoms with E-state index in [0.717, 1.165) is 0 Å². The number of halogens is 2. The van der Waals surface area contributed by atoms with E-state index in [-0.39, 0.29) is 24.5 Å². The maximum Gasteiger partial charge on any atom is 0.303 e. The minimum Gasteiger partial charge on any atom is -0.481 e. The van der Waals surface area contributed by atoms with Crippen molar-refractivity contribution in [1.29, 1.82) is 0 Å². The molecule has 1 N–H and O–H groups in total. The summed E-state index contributed by atoms with van der Waals surface area (Å²) in [5, 5.41) is 9.31.